The lowest BCUT2D eigenvalue weighted by molar-refractivity contribution is 0.00933. The van der Waals surface area contributed by atoms with Gasteiger partial charge in [-0.05, 0) is 12.1 Å². The van der Waals surface area contributed by atoms with Gasteiger partial charge in [0, 0.05) is 0 Å². The third-order valence-electron chi connectivity index (χ3n) is 1.57. The van der Waals surface area contributed by atoms with Crippen molar-refractivity contribution in [1.82, 2.24) is 0 Å². The van der Waals surface area contributed by atoms with Crippen molar-refractivity contribution in [2.75, 3.05) is 13.2 Å². The molecule has 1 aromatic rings. The van der Waals surface area contributed by atoms with Crippen molar-refractivity contribution in [3.63, 3.8) is 0 Å². The van der Waals surface area contributed by atoms with Gasteiger partial charge in [0.05, 0.1) is 13.5 Å². The molecule has 2 atom stereocenters. The zero-order valence-electron chi connectivity index (χ0n) is 8.46. The fourth-order valence-corrected chi connectivity index (χ4v) is 0.862. The van der Waals surface area contributed by atoms with Gasteiger partial charge in [-0.25, -0.2) is 4.79 Å². The molecule has 0 saturated heterocycles. The predicted molar refractivity (Wildman–Crippen MR) is 49.8 cm³/mol. The summed E-state index contributed by atoms with van der Waals surface area (Å²) in [5.74, 6) is -0.588. The fourth-order valence-electron chi connectivity index (χ4n) is 0.862. The standard InChI is InChI=1S/C10H12O4/c11-6-9(12)7-14-10(13)8-4-2-1-3-5-8/h1-5,9,11-12H,6-7H2/t9-/m1/s1/i6D/t6-,9+/m0. The molecule has 1 rings (SSSR count). The highest BCUT2D eigenvalue weighted by molar-refractivity contribution is 5.89. The Balaban J connectivity index is 2.44. The molecule has 14 heavy (non-hydrogen) atoms. The van der Waals surface area contributed by atoms with Crippen LogP contribution in [0.5, 0.6) is 0 Å². The van der Waals surface area contributed by atoms with Gasteiger partial charge in [-0.1, -0.05) is 18.2 Å². The second kappa shape index (κ2) is 5.36. The van der Waals surface area contributed by atoms with Crippen molar-refractivity contribution in [2.24, 2.45) is 0 Å². The molecule has 0 aromatic heterocycles. The first kappa shape index (κ1) is 9.18. The highest BCUT2D eigenvalue weighted by Crippen LogP contribution is 2.01. The van der Waals surface area contributed by atoms with Crippen LogP contribution in [-0.2, 0) is 4.74 Å². The van der Waals surface area contributed by atoms with Crippen LogP contribution in [0.1, 0.15) is 11.7 Å². The molecule has 0 unspecified atom stereocenters. The normalized spacial score (nSPS) is 15.4. The van der Waals surface area contributed by atoms with E-state index in [-0.39, 0.29) is 0 Å². The lowest BCUT2D eigenvalue weighted by atomic mass is 10.2. The summed E-state index contributed by atoms with van der Waals surface area (Å²) in [6, 6.07) is 8.29. The minimum absolute atomic E-state index is 0.365. The summed E-state index contributed by atoms with van der Waals surface area (Å²) < 4.78 is 11.4. The van der Waals surface area contributed by atoms with Gasteiger partial charge < -0.3 is 14.9 Å². The molecule has 0 aliphatic rings. The largest absolute Gasteiger partial charge is 0.459 e. The SMILES string of the molecule is [2H][C@H](O)[C@@H](O)COC(=O)c1ccccc1. The minimum Gasteiger partial charge on any atom is -0.459 e. The number of esters is 1. The molecule has 76 valence electrons. The van der Waals surface area contributed by atoms with Crippen LogP contribution < -0.4 is 0 Å². The number of aliphatic hydroxyl groups is 2. The molecule has 0 fully saturated rings. The second-order valence-electron chi connectivity index (χ2n) is 2.68. The molecule has 4 nitrogen and oxygen atoms in total. The van der Waals surface area contributed by atoms with E-state index in [1.165, 1.54) is 0 Å². The van der Waals surface area contributed by atoms with E-state index in [0.717, 1.165) is 0 Å². The van der Waals surface area contributed by atoms with Crippen molar-refractivity contribution in [2.45, 2.75) is 6.10 Å². The number of carbonyl (C=O) groups excluding carboxylic acids is 1. The number of carbonyl (C=O) groups is 1. The van der Waals surface area contributed by atoms with Crippen LogP contribution in [0.25, 0.3) is 0 Å². The average Bonchev–Trinajstić information content (AvgIpc) is 2.26. The van der Waals surface area contributed by atoms with E-state index in [1.54, 1.807) is 30.3 Å². The highest BCUT2D eigenvalue weighted by Gasteiger charge is 2.08. The summed E-state index contributed by atoms with van der Waals surface area (Å²) >= 11 is 0. The Bertz CT molecular complexity index is 312. The maximum atomic E-state index is 11.3. The third kappa shape index (κ3) is 3.16. The molecule has 4 heteroatoms. The van der Waals surface area contributed by atoms with E-state index in [1.807, 2.05) is 0 Å². The van der Waals surface area contributed by atoms with Gasteiger partial charge in [-0.15, -0.1) is 0 Å². The Morgan fingerprint density at radius 2 is 2.14 bits per heavy atom. The number of aliphatic hydroxyl groups excluding tert-OH is 2. The lowest BCUT2D eigenvalue weighted by Crippen LogP contribution is -2.21. The van der Waals surface area contributed by atoms with Gasteiger partial charge >= 0.3 is 5.97 Å². The Kier molecular flexibility index (Phi) is 3.52. The summed E-state index contributed by atoms with van der Waals surface area (Å²) in [5.41, 5.74) is 0.365. The summed E-state index contributed by atoms with van der Waals surface area (Å²) in [7, 11) is 0. The van der Waals surface area contributed by atoms with Crippen molar-refractivity contribution >= 4 is 5.97 Å². The Labute approximate surface area is 83.2 Å². The molecule has 0 spiro atoms. The van der Waals surface area contributed by atoms with Crippen molar-refractivity contribution in [3.8, 4) is 0 Å². The van der Waals surface area contributed by atoms with Crippen molar-refractivity contribution in [1.29, 1.82) is 0 Å². The molecule has 0 radical (unpaired) electrons. The van der Waals surface area contributed by atoms with Crippen LogP contribution in [0.15, 0.2) is 30.3 Å². The van der Waals surface area contributed by atoms with Gasteiger partial charge in [0.1, 0.15) is 12.7 Å². The Morgan fingerprint density at radius 3 is 2.71 bits per heavy atom. The van der Waals surface area contributed by atoms with Crippen LogP contribution in [0.4, 0.5) is 0 Å². The molecule has 0 aliphatic heterocycles. The summed E-state index contributed by atoms with van der Waals surface area (Å²) in [4.78, 5) is 11.3. The van der Waals surface area contributed by atoms with E-state index < -0.39 is 25.3 Å². The van der Waals surface area contributed by atoms with Crippen LogP contribution in [0.2, 0.25) is 0 Å². The molecule has 0 aliphatic carbocycles. The molecule has 0 saturated carbocycles. The molecule has 0 amide bonds. The quantitative estimate of drug-likeness (QED) is 0.676. The molecule has 0 bridgehead atoms. The van der Waals surface area contributed by atoms with Crippen LogP contribution in [-0.4, -0.2) is 35.5 Å². The van der Waals surface area contributed by atoms with Crippen LogP contribution in [0.3, 0.4) is 0 Å². The molecule has 1 aromatic carbocycles. The Hall–Kier alpha value is -1.39. The van der Waals surface area contributed by atoms with E-state index in [4.69, 9.17) is 11.6 Å². The van der Waals surface area contributed by atoms with Crippen LogP contribution >= 0.6 is 0 Å². The summed E-state index contributed by atoms with van der Waals surface area (Å²) in [5, 5.41) is 17.6. The first-order valence-corrected chi connectivity index (χ1v) is 4.12. The van der Waals surface area contributed by atoms with Gasteiger partial charge in [0.15, 0.2) is 0 Å². The summed E-state index contributed by atoms with van der Waals surface area (Å²) in [6.45, 7) is -2.05. The number of hydrogen-bond donors (Lipinski definition) is 2. The third-order valence-corrected chi connectivity index (χ3v) is 1.57. The minimum atomic E-state index is -1.66. The fraction of sp³-hybridized carbons (Fsp3) is 0.300. The number of ether oxygens (including phenoxy) is 1. The number of hydrogen-bond acceptors (Lipinski definition) is 4. The zero-order chi connectivity index (χ0) is 11.3. The van der Waals surface area contributed by atoms with E-state index in [2.05, 4.69) is 4.74 Å². The second-order valence-corrected chi connectivity index (χ2v) is 2.68. The van der Waals surface area contributed by atoms with E-state index >= 15 is 0 Å². The van der Waals surface area contributed by atoms with Gasteiger partial charge in [-0.2, -0.15) is 0 Å². The van der Waals surface area contributed by atoms with Gasteiger partial charge in [0.2, 0.25) is 0 Å². The van der Waals surface area contributed by atoms with E-state index in [0.29, 0.717) is 5.56 Å². The lowest BCUT2D eigenvalue weighted by Gasteiger charge is -2.07. The smallest absolute Gasteiger partial charge is 0.338 e. The first-order valence-electron chi connectivity index (χ1n) is 4.69. The van der Waals surface area contributed by atoms with Gasteiger partial charge in [-0.3, -0.25) is 0 Å². The summed E-state index contributed by atoms with van der Waals surface area (Å²) in [6.07, 6.45) is -1.38. The zero-order valence-corrected chi connectivity index (χ0v) is 7.46. The highest BCUT2D eigenvalue weighted by atomic mass is 16.5. The van der Waals surface area contributed by atoms with Crippen molar-refractivity contribution < 1.29 is 21.1 Å². The number of rotatable bonds is 4. The molecule has 2 N–H and O–H groups in total. The first-order chi connectivity index (χ1) is 7.11. The Morgan fingerprint density at radius 1 is 1.50 bits per heavy atom. The number of benzene rings is 1. The van der Waals surface area contributed by atoms with Crippen LogP contribution in [0, 0.1) is 0 Å². The maximum Gasteiger partial charge on any atom is 0.338 e. The van der Waals surface area contributed by atoms with Gasteiger partial charge in [0.25, 0.3) is 0 Å². The monoisotopic (exact) mass is 197 g/mol. The molecule has 0 heterocycles. The van der Waals surface area contributed by atoms with Crippen molar-refractivity contribution in [3.05, 3.63) is 35.9 Å². The average molecular weight is 197 g/mol. The van der Waals surface area contributed by atoms with E-state index in [9.17, 15) is 4.79 Å². The topological polar surface area (TPSA) is 66.8 Å². The molecular formula is C10H12O4. The maximum absolute atomic E-state index is 11.3. The predicted octanol–water partition coefficient (Wildman–Crippen LogP) is 0.197. The molecular weight excluding hydrogens is 184 g/mol.